The van der Waals surface area contributed by atoms with Crippen molar-refractivity contribution in [2.45, 2.75) is 4.21 Å². The number of nitrogens with zero attached hydrogens (tertiary/aromatic N) is 2. The molecule has 0 aliphatic carbocycles. The first-order chi connectivity index (χ1) is 11.9. The number of rotatable bonds is 5. The van der Waals surface area contributed by atoms with E-state index in [4.69, 9.17) is 4.74 Å². The number of nitrogens with one attached hydrogen (secondary N) is 1. The number of hydrogen-bond acceptors (Lipinski definition) is 6. The van der Waals surface area contributed by atoms with Gasteiger partial charge >= 0.3 is 0 Å². The van der Waals surface area contributed by atoms with Crippen molar-refractivity contribution < 1.29 is 13.2 Å². The highest BCUT2D eigenvalue weighted by molar-refractivity contribution is 7.94. The highest BCUT2D eigenvalue weighted by Crippen LogP contribution is 2.30. The van der Waals surface area contributed by atoms with Crippen molar-refractivity contribution in [2.24, 2.45) is 7.05 Å². The molecule has 0 fully saturated rings. The summed E-state index contributed by atoms with van der Waals surface area (Å²) in [6.45, 7) is 0. The lowest BCUT2D eigenvalue weighted by molar-refractivity contribution is 0.417. The number of ether oxygens (including phenoxy) is 1. The minimum absolute atomic E-state index is 0.143. The number of aromatic nitrogens is 2. The van der Waals surface area contributed by atoms with Gasteiger partial charge in [0.15, 0.2) is 0 Å². The van der Waals surface area contributed by atoms with Gasteiger partial charge in [0, 0.05) is 24.1 Å². The largest absolute Gasteiger partial charge is 0.495 e. The maximum absolute atomic E-state index is 12.6. The molecule has 0 aliphatic heterocycles. The summed E-state index contributed by atoms with van der Waals surface area (Å²) in [5.41, 5.74) is 1.28. The van der Waals surface area contributed by atoms with Gasteiger partial charge in [0.25, 0.3) is 15.6 Å². The van der Waals surface area contributed by atoms with Crippen molar-refractivity contribution in [3.63, 3.8) is 0 Å². The molecule has 9 heteroatoms. The second-order valence-corrected chi connectivity index (χ2v) is 7.96. The predicted octanol–water partition coefficient (Wildman–Crippen LogP) is 2.32. The van der Waals surface area contributed by atoms with Crippen molar-refractivity contribution in [3.05, 3.63) is 58.2 Å². The van der Waals surface area contributed by atoms with Crippen LogP contribution in [0.15, 0.2) is 56.8 Å². The van der Waals surface area contributed by atoms with Gasteiger partial charge in [-0.15, -0.1) is 11.3 Å². The van der Waals surface area contributed by atoms with Gasteiger partial charge in [-0.25, -0.2) is 13.1 Å². The van der Waals surface area contributed by atoms with Gasteiger partial charge < -0.3 is 4.74 Å². The minimum atomic E-state index is -3.76. The maximum atomic E-state index is 12.6. The van der Waals surface area contributed by atoms with Crippen LogP contribution in [0, 0.1) is 0 Å². The Bertz CT molecular complexity index is 1070. The summed E-state index contributed by atoms with van der Waals surface area (Å²) < 4.78 is 34.2. The molecule has 2 heterocycles. The Balaban J connectivity index is 1.92. The molecule has 0 amide bonds. The van der Waals surface area contributed by atoms with E-state index in [0.29, 0.717) is 22.7 Å². The summed E-state index contributed by atoms with van der Waals surface area (Å²) in [6, 6.07) is 11.2. The Hall–Kier alpha value is -2.65. The van der Waals surface area contributed by atoms with Crippen LogP contribution in [-0.2, 0) is 17.1 Å². The maximum Gasteiger partial charge on any atom is 0.271 e. The van der Waals surface area contributed by atoms with E-state index in [2.05, 4.69) is 9.82 Å². The van der Waals surface area contributed by atoms with Gasteiger partial charge in [0.05, 0.1) is 18.5 Å². The van der Waals surface area contributed by atoms with Crippen LogP contribution < -0.4 is 15.0 Å². The van der Waals surface area contributed by atoms with E-state index in [1.807, 2.05) is 0 Å². The van der Waals surface area contributed by atoms with Crippen molar-refractivity contribution in [2.75, 3.05) is 11.8 Å². The van der Waals surface area contributed by atoms with Crippen LogP contribution in [0.25, 0.3) is 11.3 Å². The summed E-state index contributed by atoms with van der Waals surface area (Å²) >= 11 is 1.08. The molecule has 0 spiro atoms. The highest BCUT2D eigenvalue weighted by atomic mass is 32.2. The Labute approximate surface area is 148 Å². The number of sulfonamides is 1. The Kier molecular flexibility index (Phi) is 4.60. The van der Waals surface area contributed by atoms with Crippen molar-refractivity contribution in [1.29, 1.82) is 0 Å². The first-order valence-electron chi connectivity index (χ1n) is 7.20. The summed E-state index contributed by atoms with van der Waals surface area (Å²) in [6.07, 6.45) is 0. The van der Waals surface area contributed by atoms with Gasteiger partial charge in [-0.3, -0.25) is 9.52 Å². The van der Waals surface area contributed by atoms with Gasteiger partial charge in [0.2, 0.25) is 0 Å². The second kappa shape index (κ2) is 6.69. The van der Waals surface area contributed by atoms with Crippen LogP contribution >= 0.6 is 11.3 Å². The third kappa shape index (κ3) is 3.57. The number of anilines is 1. The zero-order chi connectivity index (χ0) is 18.0. The van der Waals surface area contributed by atoms with E-state index < -0.39 is 10.0 Å². The van der Waals surface area contributed by atoms with Crippen molar-refractivity contribution in [3.8, 4) is 17.0 Å². The molecule has 2 aromatic heterocycles. The number of hydrogen-bond donors (Lipinski definition) is 1. The van der Waals surface area contributed by atoms with Crippen molar-refractivity contribution >= 4 is 27.0 Å². The van der Waals surface area contributed by atoms with Crippen LogP contribution in [0.3, 0.4) is 0 Å². The standard InChI is InChI=1S/C16H15N3O4S2/c1-19-15(20)8-7-12(17-19)11-9-16(24-10-11)25(21,22)18-13-5-3-4-6-14(13)23-2/h3-10,18H,1-2H3. The molecule has 3 aromatic rings. The van der Waals surface area contributed by atoms with Gasteiger partial charge in [0.1, 0.15) is 9.96 Å². The minimum Gasteiger partial charge on any atom is -0.495 e. The number of methoxy groups -OCH3 is 1. The topological polar surface area (TPSA) is 90.3 Å². The molecule has 0 saturated heterocycles. The lowest BCUT2D eigenvalue weighted by Crippen LogP contribution is -2.18. The van der Waals surface area contributed by atoms with Gasteiger partial charge in [-0.1, -0.05) is 12.1 Å². The van der Waals surface area contributed by atoms with Crippen LogP contribution in [-0.4, -0.2) is 25.3 Å². The molecule has 1 N–H and O–H groups in total. The first-order valence-corrected chi connectivity index (χ1v) is 9.56. The van der Waals surface area contributed by atoms with E-state index in [0.717, 1.165) is 11.3 Å². The third-order valence-electron chi connectivity index (χ3n) is 3.45. The molecule has 130 valence electrons. The van der Waals surface area contributed by atoms with E-state index in [9.17, 15) is 13.2 Å². The molecule has 0 bridgehead atoms. The zero-order valence-corrected chi connectivity index (χ0v) is 15.1. The summed E-state index contributed by atoms with van der Waals surface area (Å²) in [7, 11) is -0.744. The quantitative estimate of drug-likeness (QED) is 0.737. The van der Waals surface area contributed by atoms with Crippen LogP contribution in [0.5, 0.6) is 5.75 Å². The predicted molar refractivity (Wildman–Crippen MR) is 96.6 cm³/mol. The first kappa shape index (κ1) is 17.2. The number of benzene rings is 1. The zero-order valence-electron chi connectivity index (χ0n) is 13.5. The van der Waals surface area contributed by atoms with Crippen LogP contribution in [0.1, 0.15) is 0 Å². The Morgan fingerprint density at radius 1 is 1.20 bits per heavy atom. The van der Waals surface area contributed by atoms with E-state index in [1.165, 1.54) is 23.9 Å². The lowest BCUT2D eigenvalue weighted by atomic mass is 10.2. The average Bonchev–Trinajstić information content (AvgIpc) is 3.08. The van der Waals surface area contributed by atoms with Gasteiger partial charge in [-0.2, -0.15) is 5.10 Å². The fraction of sp³-hybridized carbons (Fsp3) is 0.125. The second-order valence-electron chi connectivity index (χ2n) is 5.14. The average molecular weight is 377 g/mol. The molecule has 0 saturated carbocycles. The number of aryl methyl sites for hydroxylation is 1. The normalized spacial score (nSPS) is 11.3. The van der Waals surface area contributed by atoms with E-state index in [-0.39, 0.29) is 9.77 Å². The van der Waals surface area contributed by atoms with E-state index in [1.54, 1.807) is 42.8 Å². The Morgan fingerprint density at radius 2 is 1.96 bits per heavy atom. The molecular weight excluding hydrogens is 362 g/mol. The fourth-order valence-electron chi connectivity index (χ4n) is 2.17. The molecule has 25 heavy (non-hydrogen) atoms. The molecule has 0 atom stereocenters. The molecule has 7 nitrogen and oxygen atoms in total. The van der Waals surface area contributed by atoms with Crippen LogP contribution in [0.4, 0.5) is 5.69 Å². The molecule has 0 unspecified atom stereocenters. The fourth-order valence-corrected chi connectivity index (χ4v) is 4.42. The number of para-hydroxylation sites is 2. The Morgan fingerprint density at radius 3 is 2.68 bits per heavy atom. The molecular formula is C16H15N3O4S2. The number of thiophene rings is 1. The summed E-state index contributed by atoms with van der Waals surface area (Å²) in [5.74, 6) is 0.433. The third-order valence-corrected chi connectivity index (χ3v) is 6.25. The lowest BCUT2D eigenvalue weighted by Gasteiger charge is -2.10. The van der Waals surface area contributed by atoms with Crippen LogP contribution in [0.2, 0.25) is 0 Å². The van der Waals surface area contributed by atoms with E-state index >= 15 is 0 Å². The SMILES string of the molecule is COc1ccccc1NS(=O)(=O)c1cc(-c2ccc(=O)n(C)n2)cs1. The smallest absolute Gasteiger partial charge is 0.271 e. The molecule has 1 aromatic carbocycles. The van der Waals surface area contributed by atoms with Crippen molar-refractivity contribution in [1.82, 2.24) is 9.78 Å². The monoisotopic (exact) mass is 377 g/mol. The molecule has 0 radical (unpaired) electrons. The molecule has 3 rings (SSSR count). The summed E-state index contributed by atoms with van der Waals surface area (Å²) in [5, 5.41) is 5.81. The summed E-state index contributed by atoms with van der Waals surface area (Å²) in [4.78, 5) is 11.4. The molecule has 0 aliphatic rings. The van der Waals surface area contributed by atoms with Gasteiger partial charge in [-0.05, 0) is 24.3 Å². The highest BCUT2D eigenvalue weighted by Gasteiger charge is 2.19.